The van der Waals surface area contributed by atoms with Gasteiger partial charge in [-0.1, -0.05) is 25.4 Å². The molecule has 0 aliphatic carbocycles. The minimum absolute atomic E-state index is 0.582. The van der Waals surface area contributed by atoms with Crippen LogP contribution in [0.1, 0.15) is 19.4 Å². The Morgan fingerprint density at radius 3 is 2.73 bits per heavy atom. The first-order valence-electron chi connectivity index (χ1n) is 5.25. The van der Waals surface area contributed by atoms with Crippen LogP contribution in [0, 0.1) is 5.92 Å². The van der Waals surface area contributed by atoms with E-state index >= 15 is 0 Å². The van der Waals surface area contributed by atoms with Crippen molar-refractivity contribution < 1.29 is 9.47 Å². The smallest absolute Gasteiger partial charge is 0.164 e. The maximum atomic E-state index is 6.03. The van der Waals surface area contributed by atoms with Gasteiger partial charge in [-0.2, -0.15) is 0 Å². The zero-order valence-electron chi connectivity index (χ0n) is 9.05. The Bertz CT molecular complexity index is 361. The first-order chi connectivity index (χ1) is 7.16. The Morgan fingerprint density at radius 1 is 1.27 bits per heavy atom. The Labute approximate surface area is 95.1 Å². The van der Waals surface area contributed by atoms with Crippen molar-refractivity contribution in [1.29, 1.82) is 0 Å². The highest BCUT2D eigenvalue weighted by Crippen LogP contribution is 2.37. The van der Waals surface area contributed by atoms with Crippen molar-refractivity contribution in [2.75, 3.05) is 13.2 Å². The monoisotopic (exact) mass is 226 g/mol. The van der Waals surface area contributed by atoms with E-state index in [-0.39, 0.29) is 0 Å². The molecule has 3 heteroatoms. The maximum Gasteiger partial charge on any atom is 0.164 e. The van der Waals surface area contributed by atoms with Crippen molar-refractivity contribution in [3.63, 3.8) is 0 Å². The molecule has 0 amide bonds. The summed E-state index contributed by atoms with van der Waals surface area (Å²) in [6.07, 6.45) is 0.965. The highest BCUT2D eigenvalue weighted by Gasteiger charge is 2.17. The summed E-state index contributed by atoms with van der Waals surface area (Å²) in [6, 6.07) is 3.79. The van der Waals surface area contributed by atoms with Crippen LogP contribution in [-0.4, -0.2) is 13.2 Å². The van der Waals surface area contributed by atoms with E-state index in [1.54, 1.807) is 0 Å². The molecule has 1 aliphatic heterocycles. The van der Waals surface area contributed by atoms with Crippen LogP contribution in [0.3, 0.4) is 0 Å². The molecule has 82 valence electrons. The molecule has 0 spiro atoms. The average molecular weight is 227 g/mol. The first kappa shape index (κ1) is 10.6. The molecular formula is C12H15ClO2. The Kier molecular flexibility index (Phi) is 3.06. The quantitative estimate of drug-likeness (QED) is 0.770. The van der Waals surface area contributed by atoms with Gasteiger partial charge in [0.05, 0.1) is 0 Å². The lowest BCUT2D eigenvalue weighted by molar-refractivity contribution is 0.169. The fraction of sp³-hybridized carbons (Fsp3) is 0.500. The van der Waals surface area contributed by atoms with Gasteiger partial charge in [0.1, 0.15) is 13.2 Å². The third kappa shape index (κ3) is 2.37. The number of benzene rings is 1. The van der Waals surface area contributed by atoms with Gasteiger partial charge in [0, 0.05) is 11.1 Å². The Balaban J connectivity index is 2.38. The van der Waals surface area contributed by atoms with Crippen molar-refractivity contribution in [2.24, 2.45) is 5.92 Å². The minimum Gasteiger partial charge on any atom is -0.486 e. The predicted octanol–water partition coefficient (Wildman–Crippen LogP) is 3.31. The largest absolute Gasteiger partial charge is 0.486 e. The number of fused-ring (bicyclic) bond motifs is 1. The Morgan fingerprint density at radius 2 is 2.00 bits per heavy atom. The van der Waals surface area contributed by atoms with Gasteiger partial charge >= 0.3 is 0 Å². The molecule has 0 N–H and O–H groups in total. The second-order valence-electron chi connectivity index (χ2n) is 4.19. The molecule has 0 radical (unpaired) electrons. The van der Waals surface area contributed by atoms with Crippen molar-refractivity contribution in [3.8, 4) is 11.5 Å². The number of hydrogen-bond acceptors (Lipinski definition) is 2. The average Bonchev–Trinajstić information content (AvgIpc) is 2.16. The van der Waals surface area contributed by atoms with E-state index in [0.717, 1.165) is 28.5 Å². The summed E-state index contributed by atoms with van der Waals surface area (Å²) in [7, 11) is 0. The highest BCUT2D eigenvalue weighted by atomic mass is 35.5. The maximum absolute atomic E-state index is 6.03. The molecule has 15 heavy (non-hydrogen) atoms. The summed E-state index contributed by atoms with van der Waals surface area (Å²) in [6.45, 7) is 5.59. The first-order valence-corrected chi connectivity index (χ1v) is 5.62. The van der Waals surface area contributed by atoms with Gasteiger partial charge in [-0.25, -0.2) is 0 Å². The van der Waals surface area contributed by atoms with Crippen molar-refractivity contribution in [2.45, 2.75) is 20.3 Å². The van der Waals surface area contributed by atoms with Crippen molar-refractivity contribution in [1.82, 2.24) is 0 Å². The highest BCUT2D eigenvalue weighted by molar-refractivity contribution is 6.30. The normalized spacial score (nSPS) is 14.4. The van der Waals surface area contributed by atoms with E-state index in [9.17, 15) is 0 Å². The molecule has 2 rings (SSSR count). The summed E-state index contributed by atoms with van der Waals surface area (Å²) in [5, 5.41) is 0.718. The SMILES string of the molecule is CC(C)Cc1cc(Cl)cc2c1OCCO2. The summed E-state index contributed by atoms with van der Waals surface area (Å²) in [5.74, 6) is 2.24. The van der Waals surface area contributed by atoms with Gasteiger partial charge in [-0.05, 0) is 24.0 Å². The van der Waals surface area contributed by atoms with E-state index in [1.807, 2.05) is 12.1 Å². The molecule has 1 heterocycles. The van der Waals surface area contributed by atoms with E-state index in [2.05, 4.69) is 13.8 Å². The van der Waals surface area contributed by atoms with Crippen LogP contribution < -0.4 is 9.47 Å². The van der Waals surface area contributed by atoms with Gasteiger partial charge in [0.25, 0.3) is 0 Å². The third-order valence-corrected chi connectivity index (χ3v) is 2.53. The Hall–Kier alpha value is -0.890. The third-order valence-electron chi connectivity index (χ3n) is 2.31. The van der Waals surface area contributed by atoms with Crippen LogP contribution in [-0.2, 0) is 6.42 Å². The van der Waals surface area contributed by atoms with E-state index < -0.39 is 0 Å². The minimum atomic E-state index is 0.582. The van der Waals surface area contributed by atoms with Crippen LogP contribution in [0.2, 0.25) is 5.02 Å². The lowest BCUT2D eigenvalue weighted by atomic mass is 10.0. The second-order valence-corrected chi connectivity index (χ2v) is 4.62. The molecule has 0 atom stereocenters. The zero-order valence-corrected chi connectivity index (χ0v) is 9.80. The zero-order chi connectivity index (χ0) is 10.8. The molecule has 0 saturated carbocycles. The van der Waals surface area contributed by atoms with Gasteiger partial charge < -0.3 is 9.47 Å². The van der Waals surface area contributed by atoms with Gasteiger partial charge in [-0.3, -0.25) is 0 Å². The van der Waals surface area contributed by atoms with E-state index in [0.29, 0.717) is 19.1 Å². The molecular weight excluding hydrogens is 212 g/mol. The van der Waals surface area contributed by atoms with E-state index in [1.165, 1.54) is 0 Å². The lowest BCUT2D eigenvalue weighted by Gasteiger charge is -2.22. The summed E-state index contributed by atoms with van der Waals surface area (Å²) in [4.78, 5) is 0. The van der Waals surface area contributed by atoms with Gasteiger partial charge in [0.2, 0.25) is 0 Å². The fourth-order valence-corrected chi connectivity index (χ4v) is 2.01. The van der Waals surface area contributed by atoms with Crippen molar-refractivity contribution >= 4 is 11.6 Å². The lowest BCUT2D eigenvalue weighted by Crippen LogP contribution is -2.17. The summed E-state index contributed by atoms with van der Waals surface area (Å²) < 4.78 is 11.1. The predicted molar refractivity (Wildman–Crippen MR) is 61.0 cm³/mol. The van der Waals surface area contributed by atoms with Crippen LogP contribution in [0.4, 0.5) is 0 Å². The topological polar surface area (TPSA) is 18.5 Å². The summed E-state index contributed by atoms with van der Waals surface area (Å²) in [5.41, 5.74) is 1.15. The molecule has 0 aromatic heterocycles. The summed E-state index contributed by atoms with van der Waals surface area (Å²) >= 11 is 6.03. The second kappa shape index (κ2) is 4.31. The standard InChI is InChI=1S/C12H15ClO2/c1-8(2)5-9-6-10(13)7-11-12(9)15-4-3-14-11/h6-8H,3-5H2,1-2H3. The van der Waals surface area contributed by atoms with Gasteiger partial charge in [0.15, 0.2) is 11.5 Å². The van der Waals surface area contributed by atoms with Crippen LogP contribution >= 0.6 is 11.6 Å². The molecule has 1 aliphatic rings. The molecule has 0 unspecified atom stereocenters. The number of halogens is 1. The molecule has 1 aromatic carbocycles. The van der Waals surface area contributed by atoms with Crippen LogP contribution in [0.15, 0.2) is 12.1 Å². The molecule has 1 aromatic rings. The molecule has 0 fully saturated rings. The van der Waals surface area contributed by atoms with Crippen LogP contribution in [0.25, 0.3) is 0 Å². The number of hydrogen-bond donors (Lipinski definition) is 0. The number of rotatable bonds is 2. The fourth-order valence-electron chi connectivity index (χ4n) is 1.78. The van der Waals surface area contributed by atoms with Crippen LogP contribution in [0.5, 0.6) is 11.5 Å². The molecule has 0 bridgehead atoms. The molecule has 2 nitrogen and oxygen atoms in total. The van der Waals surface area contributed by atoms with E-state index in [4.69, 9.17) is 21.1 Å². The molecule has 0 saturated heterocycles. The van der Waals surface area contributed by atoms with Crippen molar-refractivity contribution in [3.05, 3.63) is 22.7 Å². The number of ether oxygens (including phenoxy) is 2. The van der Waals surface area contributed by atoms with Gasteiger partial charge in [-0.15, -0.1) is 0 Å².